The SMILES string of the molecule is C=CCc1c(CC)nc(-c2ccsc2)nc1Nc1ccc(C(OCC)C(=O)O)cc1. The molecule has 0 fully saturated rings. The molecule has 0 saturated heterocycles. The van der Waals surface area contributed by atoms with E-state index in [0.29, 0.717) is 24.4 Å². The number of rotatable bonds is 10. The first-order chi connectivity index (χ1) is 14.6. The summed E-state index contributed by atoms with van der Waals surface area (Å²) < 4.78 is 5.34. The van der Waals surface area contributed by atoms with Crippen LogP contribution in [0.1, 0.15) is 36.8 Å². The normalized spacial score (nSPS) is 11.8. The number of carboxylic acids is 1. The van der Waals surface area contributed by atoms with E-state index >= 15 is 0 Å². The van der Waals surface area contributed by atoms with Gasteiger partial charge in [0.1, 0.15) is 5.82 Å². The second kappa shape index (κ2) is 10.1. The summed E-state index contributed by atoms with van der Waals surface area (Å²) in [7, 11) is 0. The van der Waals surface area contributed by atoms with Gasteiger partial charge in [-0.1, -0.05) is 25.1 Å². The van der Waals surface area contributed by atoms with E-state index in [9.17, 15) is 9.90 Å². The van der Waals surface area contributed by atoms with Gasteiger partial charge in [0.25, 0.3) is 0 Å². The highest BCUT2D eigenvalue weighted by Gasteiger charge is 2.20. The number of nitrogens with one attached hydrogen (secondary N) is 1. The molecular formula is C23H25N3O3S. The Kier molecular flexibility index (Phi) is 7.32. The molecule has 1 atom stereocenters. The Bertz CT molecular complexity index is 1000. The van der Waals surface area contributed by atoms with Crippen molar-refractivity contribution in [2.24, 2.45) is 0 Å². The van der Waals surface area contributed by atoms with Crippen molar-refractivity contribution in [3.8, 4) is 11.4 Å². The summed E-state index contributed by atoms with van der Waals surface area (Å²) in [6, 6.07) is 9.18. The van der Waals surface area contributed by atoms with Crippen molar-refractivity contribution in [2.45, 2.75) is 32.8 Å². The molecule has 3 aromatic rings. The molecule has 0 spiro atoms. The summed E-state index contributed by atoms with van der Waals surface area (Å²) in [5, 5.41) is 16.8. The van der Waals surface area contributed by atoms with Gasteiger partial charge >= 0.3 is 5.97 Å². The predicted molar refractivity (Wildman–Crippen MR) is 120 cm³/mol. The van der Waals surface area contributed by atoms with Gasteiger partial charge in [-0.3, -0.25) is 0 Å². The number of carboxylic acid groups (broad SMARTS) is 1. The number of aryl methyl sites for hydroxylation is 1. The Balaban J connectivity index is 1.95. The quantitative estimate of drug-likeness (QED) is 0.425. The number of benzene rings is 1. The average molecular weight is 424 g/mol. The smallest absolute Gasteiger partial charge is 0.337 e. The molecule has 30 heavy (non-hydrogen) atoms. The fraction of sp³-hybridized carbons (Fsp3) is 0.261. The molecule has 7 heteroatoms. The lowest BCUT2D eigenvalue weighted by molar-refractivity contribution is -0.150. The van der Waals surface area contributed by atoms with Crippen LogP contribution in [0.15, 0.2) is 53.7 Å². The second-order valence-electron chi connectivity index (χ2n) is 6.60. The van der Waals surface area contributed by atoms with E-state index in [1.807, 2.05) is 35.0 Å². The maximum atomic E-state index is 11.4. The van der Waals surface area contributed by atoms with E-state index in [1.54, 1.807) is 30.4 Å². The molecule has 2 heterocycles. The van der Waals surface area contributed by atoms with Crippen LogP contribution in [-0.4, -0.2) is 27.7 Å². The number of carbonyl (C=O) groups is 1. The predicted octanol–water partition coefficient (Wildman–Crippen LogP) is 5.40. The monoisotopic (exact) mass is 423 g/mol. The molecule has 1 unspecified atom stereocenters. The molecule has 156 valence electrons. The zero-order valence-corrected chi connectivity index (χ0v) is 17.9. The summed E-state index contributed by atoms with van der Waals surface area (Å²) in [5.74, 6) is 0.409. The minimum absolute atomic E-state index is 0.327. The minimum atomic E-state index is -1.00. The van der Waals surface area contributed by atoms with Crippen molar-refractivity contribution in [3.63, 3.8) is 0 Å². The fourth-order valence-corrected chi connectivity index (χ4v) is 3.79. The van der Waals surface area contributed by atoms with Gasteiger partial charge in [0.05, 0.1) is 0 Å². The standard InChI is InChI=1S/C23H25N3O3S/c1-4-7-18-19(5-2)25-21(16-12-13-30-14-16)26-22(18)24-17-10-8-15(9-11-17)20(23(27)28)29-6-3/h4,8-14,20H,1,5-7H2,2-3H3,(H,27,28)(H,24,25,26). The lowest BCUT2D eigenvalue weighted by atomic mass is 10.1. The third kappa shape index (κ3) is 4.93. The second-order valence-corrected chi connectivity index (χ2v) is 7.38. The van der Waals surface area contributed by atoms with Crippen LogP contribution in [0.4, 0.5) is 11.5 Å². The molecule has 1 aromatic carbocycles. The van der Waals surface area contributed by atoms with Crippen LogP contribution >= 0.6 is 11.3 Å². The minimum Gasteiger partial charge on any atom is -0.479 e. The van der Waals surface area contributed by atoms with Gasteiger partial charge in [-0.25, -0.2) is 14.8 Å². The first-order valence-corrected chi connectivity index (χ1v) is 10.8. The average Bonchev–Trinajstić information content (AvgIpc) is 3.28. The number of ether oxygens (including phenoxy) is 1. The van der Waals surface area contributed by atoms with Crippen molar-refractivity contribution in [1.82, 2.24) is 9.97 Å². The zero-order valence-electron chi connectivity index (χ0n) is 17.1. The molecule has 0 aliphatic heterocycles. The van der Waals surface area contributed by atoms with E-state index in [2.05, 4.69) is 18.8 Å². The molecular weight excluding hydrogens is 398 g/mol. The van der Waals surface area contributed by atoms with E-state index in [-0.39, 0.29) is 0 Å². The maximum absolute atomic E-state index is 11.4. The third-order valence-corrected chi connectivity index (χ3v) is 5.27. The van der Waals surface area contributed by atoms with E-state index in [4.69, 9.17) is 14.7 Å². The van der Waals surface area contributed by atoms with Crippen LogP contribution in [0.5, 0.6) is 0 Å². The van der Waals surface area contributed by atoms with E-state index < -0.39 is 12.1 Å². The van der Waals surface area contributed by atoms with Crippen LogP contribution in [0.25, 0.3) is 11.4 Å². The summed E-state index contributed by atoms with van der Waals surface area (Å²) >= 11 is 1.61. The Morgan fingerprint density at radius 1 is 1.27 bits per heavy atom. The lowest BCUT2D eigenvalue weighted by Crippen LogP contribution is -2.15. The Hall–Kier alpha value is -3.03. The van der Waals surface area contributed by atoms with Gasteiger partial charge < -0.3 is 15.2 Å². The number of nitrogens with zero attached hydrogens (tertiary/aromatic N) is 2. The summed E-state index contributed by atoms with van der Waals surface area (Å²) in [5.41, 5.74) is 4.37. The van der Waals surface area contributed by atoms with Crippen molar-refractivity contribution < 1.29 is 14.6 Å². The van der Waals surface area contributed by atoms with Crippen LogP contribution in [-0.2, 0) is 22.4 Å². The largest absolute Gasteiger partial charge is 0.479 e. The van der Waals surface area contributed by atoms with Crippen molar-refractivity contribution >= 4 is 28.8 Å². The molecule has 0 aliphatic carbocycles. The number of thiophene rings is 1. The van der Waals surface area contributed by atoms with Crippen molar-refractivity contribution in [3.05, 3.63) is 70.6 Å². The van der Waals surface area contributed by atoms with Crippen LogP contribution in [0.3, 0.4) is 0 Å². The first kappa shape index (κ1) is 21.7. The lowest BCUT2D eigenvalue weighted by Gasteiger charge is -2.16. The van der Waals surface area contributed by atoms with Gasteiger partial charge in [-0.2, -0.15) is 11.3 Å². The van der Waals surface area contributed by atoms with Gasteiger partial charge in [-0.05, 0) is 48.9 Å². The Morgan fingerprint density at radius 3 is 2.60 bits per heavy atom. The van der Waals surface area contributed by atoms with E-state index in [1.165, 1.54) is 0 Å². The van der Waals surface area contributed by atoms with Crippen LogP contribution in [0, 0.1) is 0 Å². The molecule has 2 aromatic heterocycles. The van der Waals surface area contributed by atoms with Gasteiger partial charge in [-0.15, -0.1) is 6.58 Å². The summed E-state index contributed by atoms with van der Waals surface area (Å²) in [4.78, 5) is 21.0. The van der Waals surface area contributed by atoms with Gasteiger partial charge in [0.15, 0.2) is 11.9 Å². The Morgan fingerprint density at radius 2 is 2.03 bits per heavy atom. The molecule has 0 bridgehead atoms. The molecule has 0 saturated carbocycles. The number of aliphatic carboxylic acids is 1. The zero-order chi connectivity index (χ0) is 21.5. The number of hydrogen-bond acceptors (Lipinski definition) is 6. The van der Waals surface area contributed by atoms with Crippen molar-refractivity contribution in [2.75, 3.05) is 11.9 Å². The highest BCUT2D eigenvalue weighted by Crippen LogP contribution is 2.28. The molecule has 2 N–H and O–H groups in total. The van der Waals surface area contributed by atoms with E-state index in [0.717, 1.165) is 34.7 Å². The first-order valence-electron chi connectivity index (χ1n) is 9.82. The molecule has 0 amide bonds. The molecule has 3 rings (SSSR count). The Labute approximate surface area is 180 Å². The molecule has 0 radical (unpaired) electrons. The number of anilines is 2. The highest BCUT2D eigenvalue weighted by molar-refractivity contribution is 7.08. The van der Waals surface area contributed by atoms with Crippen molar-refractivity contribution in [1.29, 1.82) is 0 Å². The van der Waals surface area contributed by atoms with Gasteiger partial charge in [0, 0.05) is 34.5 Å². The van der Waals surface area contributed by atoms with Crippen LogP contribution in [0.2, 0.25) is 0 Å². The number of hydrogen-bond donors (Lipinski definition) is 2. The van der Waals surface area contributed by atoms with Crippen LogP contribution < -0.4 is 5.32 Å². The third-order valence-electron chi connectivity index (χ3n) is 4.59. The highest BCUT2D eigenvalue weighted by atomic mass is 32.1. The summed E-state index contributed by atoms with van der Waals surface area (Å²) in [6.45, 7) is 8.04. The maximum Gasteiger partial charge on any atom is 0.337 e. The number of allylic oxidation sites excluding steroid dienone is 1. The topological polar surface area (TPSA) is 84.3 Å². The summed E-state index contributed by atoms with van der Waals surface area (Å²) in [6.07, 6.45) is 2.30. The molecule has 0 aliphatic rings. The number of aromatic nitrogens is 2. The molecule has 6 nitrogen and oxygen atoms in total. The van der Waals surface area contributed by atoms with Gasteiger partial charge in [0.2, 0.25) is 0 Å². The fourth-order valence-electron chi connectivity index (χ4n) is 3.16.